The second-order valence-electron chi connectivity index (χ2n) is 3.40. The summed E-state index contributed by atoms with van der Waals surface area (Å²) in [4.78, 5) is 4.08. The molecule has 3 aromatic rings. The van der Waals surface area contributed by atoms with E-state index in [1.807, 2.05) is 13.8 Å². The Balaban J connectivity index is 2.42. The highest BCUT2D eigenvalue weighted by molar-refractivity contribution is 6.34. The zero-order valence-corrected chi connectivity index (χ0v) is 9.39. The molecule has 0 amide bonds. The Morgan fingerprint density at radius 3 is 2.81 bits per heavy atom. The number of rotatable bonds is 1. The maximum atomic E-state index is 6.17. The number of aromatic amines is 1. The van der Waals surface area contributed by atoms with Gasteiger partial charge in [0.25, 0.3) is 0 Å². The van der Waals surface area contributed by atoms with Gasteiger partial charge >= 0.3 is 0 Å². The first-order valence-electron chi connectivity index (χ1n) is 4.64. The number of nitrogens with zero attached hydrogens (tertiary/aromatic N) is 6. The van der Waals surface area contributed by atoms with E-state index in [-0.39, 0.29) is 0 Å². The van der Waals surface area contributed by atoms with Crippen molar-refractivity contribution in [3.63, 3.8) is 0 Å². The monoisotopic (exact) mass is 237 g/mol. The quantitative estimate of drug-likeness (QED) is 0.683. The number of hydrogen-bond acceptors (Lipinski definition) is 4. The third-order valence-electron chi connectivity index (χ3n) is 2.34. The largest absolute Gasteiger partial charge is 0.246 e. The molecule has 0 radical (unpaired) electrons. The second kappa shape index (κ2) is 3.05. The van der Waals surface area contributed by atoms with Gasteiger partial charge in [0.15, 0.2) is 5.65 Å². The molecule has 8 heteroatoms. The lowest BCUT2D eigenvalue weighted by molar-refractivity contribution is 0.791. The summed E-state index contributed by atoms with van der Waals surface area (Å²) in [5.41, 5.74) is 1.42. The van der Waals surface area contributed by atoms with Crippen LogP contribution in [0.4, 0.5) is 0 Å². The molecule has 0 unspecified atom stereocenters. The fourth-order valence-corrected chi connectivity index (χ4v) is 1.83. The molecular weight excluding hydrogens is 230 g/mol. The number of hydrogen-bond donors (Lipinski definition) is 1. The topological polar surface area (TPSA) is 76.7 Å². The Morgan fingerprint density at radius 2 is 2.12 bits per heavy atom. The fraction of sp³-hybridized carbons (Fsp3) is 0.250. The van der Waals surface area contributed by atoms with Gasteiger partial charge in [-0.2, -0.15) is 15.2 Å². The predicted molar refractivity (Wildman–Crippen MR) is 56.7 cm³/mol. The first-order valence-corrected chi connectivity index (χ1v) is 5.02. The second-order valence-corrected chi connectivity index (χ2v) is 3.78. The van der Waals surface area contributed by atoms with Gasteiger partial charge in [-0.15, -0.1) is 9.73 Å². The average molecular weight is 238 g/mol. The summed E-state index contributed by atoms with van der Waals surface area (Å²) >= 11 is 6.17. The van der Waals surface area contributed by atoms with Crippen LogP contribution in [-0.4, -0.2) is 34.6 Å². The number of halogens is 1. The molecule has 0 spiro atoms. The standard InChI is InChI=1S/C8H8ClN7/c1-4-6(9)7-15(8-10-3-11-12-8)5(2)14-16(7)13-4/h3H,1-2H3,(H,10,11,12). The van der Waals surface area contributed by atoms with Crippen molar-refractivity contribution >= 4 is 17.2 Å². The highest BCUT2D eigenvalue weighted by Crippen LogP contribution is 2.23. The summed E-state index contributed by atoms with van der Waals surface area (Å²) in [7, 11) is 0. The Morgan fingerprint density at radius 1 is 1.31 bits per heavy atom. The lowest BCUT2D eigenvalue weighted by atomic mass is 10.5. The molecule has 16 heavy (non-hydrogen) atoms. The minimum Gasteiger partial charge on any atom is -0.246 e. The van der Waals surface area contributed by atoms with Crippen molar-refractivity contribution in [3.8, 4) is 5.95 Å². The summed E-state index contributed by atoms with van der Waals surface area (Å²) in [6.45, 7) is 3.68. The molecule has 0 fully saturated rings. The van der Waals surface area contributed by atoms with Gasteiger partial charge < -0.3 is 0 Å². The van der Waals surface area contributed by atoms with Gasteiger partial charge in [-0.3, -0.25) is 0 Å². The van der Waals surface area contributed by atoms with Crippen LogP contribution in [0.2, 0.25) is 5.02 Å². The highest BCUT2D eigenvalue weighted by Gasteiger charge is 2.18. The Hall–Kier alpha value is -1.89. The molecule has 0 bridgehead atoms. The third kappa shape index (κ3) is 1.09. The van der Waals surface area contributed by atoms with E-state index >= 15 is 0 Å². The summed E-state index contributed by atoms with van der Waals surface area (Å²) in [5.74, 6) is 1.31. The summed E-state index contributed by atoms with van der Waals surface area (Å²) in [6.07, 6.45) is 1.43. The van der Waals surface area contributed by atoms with E-state index in [9.17, 15) is 0 Å². The first-order chi connectivity index (χ1) is 7.68. The molecule has 0 aliphatic rings. The van der Waals surface area contributed by atoms with E-state index in [1.165, 1.54) is 11.0 Å². The predicted octanol–water partition coefficient (Wildman–Crippen LogP) is 0.908. The Kier molecular flexibility index (Phi) is 1.78. The molecule has 82 valence electrons. The smallest absolute Gasteiger partial charge is 0.232 e. The van der Waals surface area contributed by atoms with Crippen LogP contribution in [0.5, 0.6) is 0 Å². The van der Waals surface area contributed by atoms with Crippen LogP contribution in [0.15, 0.2) is 6.33 Å². The molecule has 1 N–H and O–H groups in total. The van der Waals surface area contributed by atoms with E-state index < -0.39 is 0 Å². The molecule has 0 aliphatic carbocycles. The molecule has 0 aliphatic heterocycles. The number of aromatic nitrogens is 7. The van der Waals surface area contributed by atoms with Gasteiger partial charge in [0.05, 0.1) is 5.69 Å². The fourth-order valence-electron chi connectivity index (χ4n) is 1.64. The Labute approximate surface area is 95.1 Å². The molecule has 0 atom stereocenters. The van der Waals surface area contributed by atoms with E-state index in [0.29, 0.717) is 16.6 Å². The van der Waals surface area contributed by atoms with Gasteiger partial charge in [-0.05, 0) is 13.8 Å². The van der Waals surface area contributed by atoms with Crippen molar-refractivity contribution in [1.29, 1.82) is 0 Å². The molecule has 3 heterocycles. The molecule has 0 saturated carbocycles. The molecule has 3 rings (SSSR count). The normalized spacial score (nSPS) is 11.4. The summed E-state index contributed by atoms with van der Waals surface area (Å²) in [6, 6.07) is 0. The third-order valence-corrected chi connectivity index (χ3v) is 2.78. The maximum absolute atomic E-state index is 6.17. The van der Waals surface area contributed by atoms with Crippen LogP contribution in [-0.2, 0) is 0 Å². The van der Waals surface area contributed by atoms with Crippen molar-refractivity contribution in [2.75, 3.05) is 0 Å². The lowest BCUT2D eigenvalue weighted by Gasteiger charge is -1.98. The summed E-state index contributed by atoms with van der Waals surface area (Å²) in [5, 5.41) is 15.6. The van der Waals surface area contributed by atoms with Crippen molar-refractivity contribution < 1.29 is 0 Å². The van der Waals surface area contributed by atoms with Gasteiger partial charge in [0, 0.05) is 0 Å². The van der Waals surface area contributed by atoms with Gasteiger partial charge in [0.2, 0.25) is 5.95 Å². The minimum absolute atomic E-state index is 0.567. The van der Waals surface area contributed by atoms with Crippen LogP contribution in [0.1, 0.15) is 11.5 Å². The molecule has 0 saturated heterocycles. The van der Waals surface area contributed by atoms with Crippen molar-refractivity contribution in [2.24, 2.45) is 0 Å². The van der Waals surface area contributed by atoms with Crippen LogP contribution >= 0.6 is 11.6 Å². The Bertz CT molecular complexity index is 648. The van der Waals surface area contributed by atoms with E-state index in [1.54, 1.807) is 4.57 Å². The molecule has 0 aromatic carbocycles. The number of nitrogens with one attached hydrogen (secondary N) is 1. The van der Waals surface area contributed by atoms with Gasteiger partial charge in [0.1, 0.15) is 17.2 Å². The lowest BCUT2D eigenvalue weighted by Crippen LogP contribution is -1.99. The van der Waals surface area contributed by atoms with Gasteiger partial charge in [-0.25, -0.2) is 9.67 Å². The molecule has 7 nitrogen and oxygen atoms in total. The maximum Gasteiger partial charge on any atom is 0.232 e. The van der Waals surface area contributed by atoms with E-state index in [0.717, 1.165) is 11.5 Å². The van der Waals surface area contributed by atoms with Gasteiger partial charge in [-0.1, -0.05) is 11.6 Å². The van der Waals surface area contributed by atoms with Crippen LogP contribution in [0.25, 0.3) is 11.6 Å². The zero-order chi connectivity index (χ0) is 11.3. The first kappa shape index (κ1) is 9.34. The molecular formula is C8H8ClN7. The number of aryl methyl sites for hydroxylation is 2. The number of H-pyrrole nitrogens is 1. The number of fused-ring (bicyclic) bond motifs is 1. The minimum atomic E-state index is 0.567. The van der Waals surface area contributed by atoms with Crippen LogP contribution in [0, 0.1) is 13.8 Å². The SMILES string of the molecule is Cc1nn2nc(C)n(-c3ncn[nH]3)c2c1Cl. The van der Waals surface area contributed by atoms with E-state index in [4.69, 9.17) is 11.6 Å². The van der Waals surface area contributed by atoms with Crippen LogP contribution in [0.3, 0.4) is 0 Å². The van der Waals surface area contributed by atoms with Crippen molar-refractivity contribution in [1.82, 2.24) is 34.6 Å². The van der Waals surface area contributed by atoms with E-state index in [2.05, 4.69) is 25.4 Å². The summed E-state index contributed by atoms with van der Waals surface area (Å²) < 4.78 is 3.27. The van der Waals surface area contributed by atoms with Crippen molar-refractivity contribution in [2.45, 2.75) is 13.8 Å². The van der Waals surface area contributed by atoms with Crippen molar-refractivity contribution in [3.05, 3.63) is 22.9 Å². The zero-order valence-electron chi connectivity index (χ0n) is 8.64. The van der Waals surface area contributed by atoms with Crippen LogP contribution < -0.4 is 0 Å². The molecule has 3 aromatic heterocycles. The average Bonchev–Trinajstić information content (AvgIpc) is 2.88. The highest BCUT2D eigenvalue weighted by atomic mass is 35.5.